The number of amides is 1. The van der Waals surface area contributed by atoms with E-state index in [0.717, 1.165) is 38.3 Å². The molecule has 3 aromatic carbocycles. The van der Waals surface area contributed by atoms with Gasteiger partial charge in [0, 0.05) is 21.9 Å². The van der Waals surface area contributed by atoms with Gasteiger partial charge in [0.1, 0.15) is 5.03 Å². The van der Waals surface area contributed by atoms with Crippen LogP contribution in [0.4, 0.5) is 5.13 Å². The zero-order chi connectivity index (χ0) is 22.6. The highest BCUT2D eigenvalue weighted by atomic mass is 32.2. The van der Waals surface area contributed by atoms with Crippen molar-refractivity contribution >= 4 is 45.0 Å². The van der Waals surface area contributed by atoms with E-state index in [9.17, 15) is 4.79 Å². The predicted molar refractivity (Wildman–Crippen MR) is 137 cm³/mol. The van der Waals surface area contributed by atoms with E-state index in [1.54, 1.807) is 0 Å². The standard InChI is InChI=1S/C26H20N4OS2/c1-17-9-8-14-20-23(17)29-24(19-12-6-3-7-13-19)30-25(20)32-16-22(31)28-26-27-21(15-33-26)18-10-4-2-5-11-18/h2-15H,16H2,1H3,(H,27,28,31). The molecule has 1 N–H and O–H groups in total. The van der Waals surface area contributed by atoms with Crippen molar-refractivity contribution in [3.05, 3.63) is 89.8 Å². The van der Waals surface area contributed by atoms with Crippen molar-refractivity contribution in [1.29, 1.82) is 0 Å². The predicted octanol–water partition coefficient (Wildman–Crippen LogP) is 6.46. The normalized spacial score (nSPS) is 10.9. The third-order valence-corrected chi connectivity index (χ3v) is 6.83. The molecule has 33 heavy (non-hydrogen) atoms. The first-order valence-electron chi connectivity index (χ1n) is 10.4. The Balaban J connectivity index is 1.35. The number of thiazole rings is 1. The van der Waals surface area contributed by atoms with Gasteiger partial charge in [-0.1, -0.05) is 90.6 Å². The maximum Gasteiger partial charge on any atom is 0.236 e. The number of anilines is 1. The Morgan fingerprint density at radius 3 is 2.36 bits per heavy atom. The molecular formula is C26H20N4OS2. The Morgan fingerprint density at radius 2 is 1.61 bits per heavy atom. The maximum atomic E-state index is 12.7. The monoisotopic (exact) mass is 468 g/mol. The third kappa shape index (κ3) is 4.79. The second-order valence-electron chi connectivity index (χ2n) is 7.43. The van der Waals surface area contributed by atoms with Crippen LogP contribution in [-0.4, -0.2) is 26.6 Å². The van der Waals surface area contributed by atoms with Gasteiger partial charge in [0.25, 0.3) is 0 Å². The van der Waals surface area contributed by atoms with Crippen LogP contribution in [-0.2, 0) is 4.79 Å². The van der Waals surface area contributed by atoms with E-state index in [1.807, 2.05) is 91.2 Å². The van der Waals surface area contributed by atoms with Crippen LogP contribution in [0.1, 0.15) is 5.56 Å². The molecule has 5 aromatic rings. The van der Waals surface area contributed by atoms with Crippen molar-refractivity contribution in [2.24, 2.45) is 0 Å². The molecular weight excluding hydrogens is 448 g/mol. The summed E-state index contributed by atoms with van der Waals surface area (Å²) in [7, 11) is 0. The van der Waals surface area contributed by atoms with Crippen LogP contribution in [0.3, 0.4) is 0 Å². The van der Waals surface area contributed by atoms with E-state index >= 15 is 0 Å². The lowest BCUT2D eigenvalue weighted by Gasteiger charge is -2.10. The van der Waals surface area contributed by atoms with Gasteiger partial charge in [-0.25, -0.2) is 15.0 Å². The number of aryl methyl sites for hydroxylation is 1. The summed E-state index contributed by atoms with van der Waals surface area (Å²) in [6.07, 6.45) is 0. The van der Waals surface area contributed by atoms with Gasteiger partial charge in [0.15, 0.2) is 11.0 Å². The Labute approximate surface area is 200 Å². The molecule has 2 aromatic heterocycles. The minimum atomic E-state index is -0.116. The molecule has 0 saturated carbocycles. The van der Waals surface area contributed by atoms with Crippen molar-refractivity contribution in [2.75, 3.05) is 11.1 Å². The first-order valence-corrected chi connectivity index (χ1v) is 12.3. The first kappa shape index (κ1) is 21.3. The fourth-order valence-electron chi connectivity index (χ4n) is 3.46. The number of hydrogen-bond acceptors (Lipinski definition) is 6. The van der Waals surface area contributed by atoms with E-state index in [0.29, 0.717) is 11.0 Å². The molecule has 5 rings (SSSR count). The maximum absolute atomic E-state index is 12.7. The summed E-state index contributed by atoms with van der Waals surface area (Å²) < 4.78 is 0. The highest BCUT2D eigenvalue weighted by Crippen LogP contribution is 2.30. The number of hydrogen-bond donors (Lipinski definition) is 1. The number of carbonyl (C=O) groups excluding carboxylic acids is 1. The van der Waals surface area contributed by atoms with Gasteiger partial charge >= 0.3 is 0 Å². The first-order chi connectivity index (χ1) is 16.2. The Hall–Kier alpha value is -3.55. The van der Waals surface area contributed by atoms with Crippen molar-refractivity contribution in [1.82, 2.24) is 15.0 Å². The van der Waals surface area contributed by atoms with Crippen molar-refractivity contribution in [2.45, 2.75) is 11.9 Å². The van der Waals surface area contributed by atoms with E-state index in [4.69, 9.17) is 9.97 Å². The molecule has 0 aliphatic rings. The molecule has 0 radical (unpaired) electrons. The molecule has 0 saturated heterocycles. The molecule has 162 valence electrons. The van der Waals surface area contributed by atoms with Crippen LogP contribution in [0.2, 0.25) is 0 Å². The smallest absolute Gasteiger partial charge is 0.236 e. The second-order valence-corrected chi connectivity index (χ2v) is 9.25. The van der Waals surface area contributed by atoms with E-state index in [2.05, 4.69) is 10.3 Å². The van der Waals surface area contributed by atoms with E-state index in [1.165, 1.54) is 23.1 Å². The van der Waals surface area contributed by atoms with Crippen molar-refractivity contribution in [3.8, 4) is 22.6 Å². The molecule has 2 heterocycles. The number of fused-ring (bicyclic) bond motifs is 1. The summed E-state index contributed by atoms with van der Waals surface area (Å²) in [6.45, 7) is 2.04. The summed E-state index contributed by atoms with van der Waals surface area (Å²) in [5, 5.41) is 7.20. The lowest BCUT2D eigenvalue weighted by atomic mass is 10.1. The number of para-hydroxylation sites is 1. The van der Waals surface area contributed by atoms with Gasteiger partial charge in [-0.2, -0.15) is 0 Å². The minimum Gasteiger partial charge on any atom is -0.301 e. The summed E-state index contributed by atoms with van der Waals surface area (Å²) in [5.41, 5.74) is 4.81. The Morgan fingerprint density at radius 1 is 0.879 bits per heavy atom. The topological polar surface area (TPSA) is 67.8 Å². The molecule has 0 spiro atoms. The highest BCUT2D eigenvalue weighted by Gasteiger charge is 2.14. The minimum absolute atomic E-state index is 0.116. The lowest BCUT2D eigenvalue weighted by molar-refractivity contribution is -0.113. The van der Waals surface area contributed by atoms with Gasteiger partial charge in [-0.15, -0.1) is 11.3 Å². The third-order valence-electron chi connectivity index (χ3n) is 5.09. The highest BCUT2D eigenvalue weighted by molar-refractivity contribution is 8.00. The zero-order valence-electron chi connectivity index (χ0n) is 17.9. The fraction of sp³-hybridized carbons (Fsp3) is 0.0769. The second kappa shape index (κ2) is 9.52. The average molecular weight is 469 g/mol. The Kier molecular flexibility index (Phi) is 6.15. The number of nitrogens with zero attached hydrogens (tertiary/aromatic N) is 3. The molecule has 1 amide bonds. The average Bonchev–Trinajstić information content (AvgIpc) is 3.32. The molecule has 0 aliphatic carbocycles. The van der Waals surface area contributed by atoms with Crippen LogP contribution in [0, 0.1) is 6.92 Å². The van der Waals surface area contributed by atoms with Gasteiger partial charge in [0.05, 0.1) is 17.0 Å². The largest absolute Gasteiger partial charge is 0.301 e. The van der Waals surface area contributed by atoms with Gasteiger partial charge < -0.3 is 5.32 Å². The van der Waals surface area contributed by atoms with Crippen molar-refractivity contribution < 1.29 is 4.79 Å². The summed E-state index contributed by atoms with van der Waals surface area (Å²) in [5.74, 6) is 0.775. The molecule has 0 atom stereocenters. The van der Waals surface area contributed by atoms with Crippen LogP contribution < -0.4 is 5.32 Å². The quantitative estimate of drug-likeness (QED) is 0.229. The number of rotatable bonds is 6. The van der Waals surface area contributed by atoms with Crippen LogP contribution >= 0.6 is 23.1 Å². The van der Waals surface area contributed by atoms with Crippen molar-refractivity contribution in [3.63, 3.8) is 0 Å². The number of thioether (sulfide) groups is 1. The molecule has 0 fully saturated rings. The number of aromatic nitrogens is 3. The van der Waals surface area contributed by atoms with Gasteiger partial charge in [0.2, 0.25) is 5.91 Å². The summed E-state index contributed by atoms with van der Waals surface area (Å²) >= 11 is 2.83. The molecule has 0 bridgehead atoms. The fourth-order valence-corrected chi connectivity index (χ4v) is 5.00. The number of carbonyl (C=O) groups is 1. The van der Waals surface area contributed by atoms with E-state index in [-0.39, 0.29) is 11.7 Å². The molecule has 0 unspecified atom stereocenters. The number of benzene rings is 3. The van der Waals surface area contributed by atoms with Crippen LogP contribution in [0.25, 0.3) is 33.5 Å². The molecule has 7 heteroatoms. The van der Waals surface area contributed by atoms with Crippen LogP contribution in [0.15, 0.2) is 89.3 Å². The number of nitrogens with one attached hydrogen (secondary N) is 1. The molecule has 0 aliphatic heterocycles. The van der Waals surface area contributed by atoms with E-state index < -0.39 is 0 Å². The SMILES string of the molecule is Cc1cccc2c(SCC(=O)Nc3nc(-c4ccccc4)cs3)nc(-c3ccccc3)nc12. The molecule has 5 nitrogen and oxygen atoms in total. The summed E-state index contributed by atoms with van der Waals surface area (Å²) in [6, 6.07) is 25.9. The van der Waals surface area contributed by atoms with Crippen LogP contribution in [0.5, 0.6) is 0 Å². The van der Waals surface area contributed by atoms with Gasteiger partial charge in [-0.05, 0) is 12.5 Å². The summed E-state index contributed by atoms with van der Waals surface area (Å²) in [4.78, 5) is 26.8. The lowest BCUT2D eigenvalue weighted by Crippen LogP contribution is -2.14. The zero-order valence-corrected chi connectivity index (χ0v) is 19.5. The Bertz CT molecular complexity index is 1420. The van der Waals surface area contributed by atoms with Gasteiger partial charge in [-0.3, -0.25) is 4.79 Å².